The van der Waals surface area contributed by atoms with Crippen LogP contribution in [-0.2, 0) is 0 Å². The van der Waals surface area contributed by atoms with Crippen LogP contribution in [0.15, 0.2) is 18.3 Å². The van der Waals surface area contributed by atoms with E-state index in [-0.39, 0.29) is 6.10 Å². The van der Waals surface area contributed by atoms with Crippen molar-refractivity contribution in [3.63, 3.8) is 0 Å². The molecule has 0 saturated carbocycles. The second-order valence-electron chi connectivity index (χ2n) is 4.37. The molecule has 0 fully saturated rings. The topological polar surface area (TPSA) is 34.1 Å². The van der Waals surface area contributed by atoms with Crippen LogP contribution >= 0.6 is 0 Å². The van der Waals surface area contributed by atoms with E-state index in [1.54, 1.807) is 6.20 Å². The summed E-state index contributed by atoms with van der Waals surface area (Å²) in [5.41, 5.74) is 1.02. The average molecular weight is 236 g/mol. The minimum atomic E-state index is 0.246. The van der Waals surface area contributed by atoms with Gasteiger partial charge in [-0.1, -0.05) is 20.3 Å². The zero-order valence-electron chi connectivity index (χ0n) is 11.2. The van der Waals surface area contributed by atoms with Crippen LogP contribution in [-0.4, -0.2) is 24.2 Å². The van der Waals surface area contributed by atoms with Crippen molar-refractivity contribution in [2.45, 2.75) is 46.1 Å². The molecule has 0 spiro atoms. The Kier molecular flexibility index (Phi) is 6.63. The molecule has 17 heavy (non-hydrogen) atoms. The van der Waals surface area contributed by atoms with Gasteiger partial charge in [-0.15, -0.1) is 0 Å². The highest BCUT2D eigenvalue weighted by Crippen LogP contribution is 2.13. The van der Waals surface area contributed by atoms with E-state index in [1.165, 1.54) is 0 Å². The van der Waals surface area contributed by atoms with Crippen LogP contribution in [0.3, 0.4) is 0 Å². The summed E-state index contributed by atoms with van der Waals surface area (Å²) in [4.78, 5) is 4.24. The summed E-state index contributed by atoms with van der Waals surface area (Å²) in [7, 11) is 0. The first-order chi connectivity index (χ1) is 8.26. The van der Waals surface area contributed by atoms with E-state index in [0.717, 1.165) is 43.8 Å². The highest BCUT2D eigenvalue weighted by molar-refractivity contribution is 5.19. The minimum absolute atomic E-state index is 0.246. The van der Waals surface area contributed by atoms with E-state index < -0.39 is 0 Å². The predicted octanol–water partition coefficient (Wildman–Crippen LogP) is 2.94. The SMILES string of the molecule is CCCNCC(CCC)Oc1ccc(C)nc1. The summed E-state index contributed by atoms with van der Waals surface area (Å²) in [5, 5.41) is 3.41. The van der Waals surface area contributed by atoms with Crippen LogP contribution in [0.4, 0.5) is 0 Å². The first-order valence-electron chi connectivity index (χ1n) is 6.56. The maximum absolute atomic E-state index is 5.93. The Bertz CT molecular complexity index is 298. The van der Waals surface area contributed by atoms with Crippen molar-refractivity contribution in [2.24, 2.45) is 0 Å². The Morgan fingerprint density at radius 2 is 2.12 bits per heavy atom. The van der Waals surface area contributed by atoms with Gasteiger partial charge in [-0.3, -0.25) is 4.98 Å². The molecule has 1 aromatic rings. The number of nitrogens with zero attached hydrogens (tertiary/aromatic N) is 1. The van der Waals surface area contributed by atoms with Crippen LogP contribution in [0.1, 0.15) is 38.8 Å². The molecule has 1 N–H and O–H groups in total. The van der Waals surface area contributed by atoms with Gasteiger partial charge in [-0.2, -0.15) is 0 Å². The molecule has 0 amide bonds. The number of hydrogen-bond donors (Lipinski definition) is 1. The highest BCUT2D eigenvalue weighted by Gasteiger charge is 2.08. The molecule has 0 aromatic carbocycles. The molecule has 1 unspecified atom stereocenters. The molecule has 1 atom stereocenters. The van der Waals surface area contributed by atoms with Crippen molar-refractivity contribution in [1.29, 1.82) is 0 Å². The van der Waals surface area contributed by atoms with Crippen LogP contribution in [0.5, 0.6) is 5.75 Å². The molecule has 0 aliphatic rings. The monoisotopic (exact) mass is 236 g/mol. The fourth-order valence-electron chi connectivity index (χ4n) is 1.68. The molecule has 0 bridgehead atoms. The Hall–Kier alpha value is -1.09. The molecular weight excluding hydrogens is 212 g/mol. The van der Waals surface area contributed by atoms with Crippen LogP contribution in [0.25, 0.3) is 0 Å². The van der Waals surface area contributed by atoms with Gasteiger partial charge >= 0.3 is 0 Å². The van der Waals surface area contributed by atoms with E-state index in [9.17, 15) is 0 Å². The average Bonchev–Trinajstić information content (AvgIpc) is 2.32. The summed E-state index contributed by atoms with van der Waals surface area (Å²) in [5.74, 6) is 0.868. The van der Waals surface area contributed by atoms with Gasteiger partial charge in [-0.25, -0.2) is 0 Å². The third-order valence-corrected chi connectivity index (χ3v) is 2.60. The number of hydrogen-bond acceptors (Lipinski definition) is 3. The fraction of sp³-hybridized carbons (Fsp3) is 0.643. The lowest BCUT2D eigenvalue weighted by Crippen LogP contribution is -2.31. The quantitative estimate of drug-likeness (QED) is 0.705. The normalized spacial score (nSPS) is 12.4. The summed E-state index contributed by atoms with van der Waals surface area (Å²) in [6.07, 6.45) is 5.42. The number of pyridine rings is 1. The van der Waals surface area contributed by atoms with Crippen molar-refractivity contribution in [2.75, 3.05) is 13.1 Å². The largest absolute Gasteiger partial charge is 0.487 e. The van der Waals surface area contributed by atoms with Gasteiger partial charge in [0.1, 0.15) is 11.9 Å². The van der Waals surface area contributed by atoms with Gasteiger partial charge in [0, 0.05) is 12.2 Å². The van der Waals surface area contributed by atoms with Gasteiger partial charge in [0.25, 0.3) is 0 Å². The number of aryl methyl sites for hydroxylation is 1. The number of nitrogens with one attached hydrogen (secondary N) is 1. The molecule has 0 aliphatic carbocycles. The molecule has 0 radical (unpaired) electrons. The van der Waals surface area contributed by atoms with Crippen LogP contribution < -0.4 is 10.1 Å². The second kappa shape index (κ2) is 8.07. The molecule has 3 nitrogen and oxygen atoms in total. The Morgan fingerprint density at radius 3 is 2.71 bits per heavy atom. The Labute approximate surface area is 105 Å². The first-order valence-corrected chi connectivity index (χ1v) is 6.56. The smallest absolute Gasteiger partial charge is 0.138 e. The third kappa shape index (κ3) is 5.68. The van der Waals surface area contributed by atoms with E-state index in [4.69, 9.17) is 4.74 Å². The lowest BCUT2D eigenvalue weighted by Gasteiger charge is -2.19. The van der Waals surface area contributed by atoms with Crippen molar-refractivity contribution in [3.05, 3.63) is 24.0 Å². The Balaban J connectivity index is 2.44. The fourth-order valence-corrected chi connectivity index (χ4v) is 1.68. The van der Waals surface area contributed by atoms with Crippen molar-refractivity contribution in [3.8, 4) is 5.75 Å². The molecule has 96 valence electrons. The first kappa shape index (κ1) is 14.0. The van der Waals surface area contributed by atoms with Gasteiger partial charge in [0.15, 0.2) is 0 Å². The zero-order valence-corrected chi connectivity index (χ0v) is 11.2. The van der Waals surface area contributed by atoms with E-state index >= 15 is 0 Å². The molecule has 1 aromatic heterocycles. The van der Waals surface area contributed by atoms with Crippen molar-refractivity contribution in [1.82, 2.24) is 10.3 Å². The molecular formula is C14H24N2O. The second-order valence-corrected chi connectivity index (χ2v) is 4.37. The highest BCUT2D eigenvalue weighted by atomic mass is 16.5. The summed E-state index contributed by atoms with van der Waals surface area (Å²) in [6.45, 7) is 8.30. The maximum atomic E-state index is 5.93. The molecule has 1 heterocycles. The number of aromatic nitrogens is 1. The number of ether oxygens (including phenoxy) is 1. The summed E-state index contributed by atoms with van der Waals surface area (Å²) >= 11 is 0. The molecule has 3 heteroatoms. The molecule has 0 saturated heterocycles. The predicted molar refractivity (Wildman–Crippen MR) is 71.5 cm³/mol. The number of rotatable bonds is 8. The van der Waals surface area contributed by atoms with Crippen molar-refractivity contribution >= 4 is 0 Å². The summed E-state index contributed by atoms with van der Waals surface area (Å²) in [6, 6.07) is 3.97. The standard InChI is InChI=1S/C14H24N2O/c1-4-6-13(10-15-9-5-2)17-14-8-7-12(3)16-11-14/h7-8,11,13,15H,4-6,9-10H2,1-3H3. The van der Waals surface area contributed by atoms with Gasteiger partial charge in [0.05, 0.1) is 6.20 Å². The molecule has 1 rings (SSSR count). The molecule has 0 aliphatic heterocycles. The van der Waals surface area contributed by atoms with Gasteiger partial charge < -0.3 is 10.1 Å². The lowest BCUT2D eigenvalue weighted by atomic mass is 10.2. The summed E-state index contributed by atoms with van der Waals surface area (Å²) < 4.78 is 5.93. The van der Waals surface area contributed by atoms with Gasteiger partial charge in [0.2, 0.25) is 0 Å². The Morgan fingerprint density at radius 1 is 1.29 bits per heavy atom. The third-order valence-electron chi connectivity index (χ3n) is 2.60. The van der Waals surface area contributed by atoms with Crippen LogP contribution in [0.2, 0.25) is 0 Å². The van der Waals surface area contributed by atoms with Crippen molar-refractivity contribution < 1.29 is 4.74 Å². The minimum Gasteiger partial charge on any atom is -0.487 e. The van der Waals surface area contributed by atoms with E-state index in [0.29, 0.717) is 0 Å². The van der Waals surface area contributed by atoms with E-state index in [1.807, 2.05) is 19.1 Å². The maximum Gasteiger partial charge on any atom is 0.138 e. The van der Waals surface area contributed by atoms with Gasteiger partial charge in [-0.05, 0) is 38.4 Å². The zero-order chi connectivity index (χ0) is 12.5. The van der Waals surface area contributed by atoms with E-state index in [2.05, 4.69) is 24.1 Å². The van der Waals surface area contributed by atoms with Crippen LogP contribution in [0, 0.1) is 6.92 Å². The lowest BCUT2D eigenvalue weighted by molar-refractivity contribution is 0.186.